The maximum absolute atomic E-state index is 5.16. The average Bonchev–Trinajstić information content (AvgIpc) is 2.48. The topological polar surface area (TPSA) is 47.0 Å². The first kappa shape index (κ1) is 12.1. The second kappa shape index (κ2) is 5.36. The smallest absolute Gasteiger partial charge is 0.132 e. The maximum atomic E-state index is 5.16. The molecule has 4 nitrogen and oxygen atoms in total. The van der Waals surface area contributed by atoms with Crippen molar-refractivity contribution in [3.8, 4) is 5.75 Å². The Balaban J connectivity index is 1.78. The van der Waals surface area contributed by atoms with Crippen LogP contribution in [0.3, 0.4) is 0 Å². The Morgan fingerprint density at radius 2 is 2.11 bits per heavy atom. The average molecular weight is 255 g/mol. The van der Waals surface area contributed by atoms with E-state index >= 15 is 0 Å². The molecule has 0 saturated carbocycles. The van der Waals surface area contributed by atoms with E-state index in [0.717, 1.165) is 37.5 Å². The molecule has 1 aliphatic rings. The summed E-state index contributed by atoms with van der Waals surface area (Å²) < 4.78 is 5.16. The highest BCUT2D eigenvalue weighted by Gasteiger charge is 2.11. The molecule has 2 heterocycles. The van der Waals surface area contributed by atoms with Crippen molar-refractivity contribution < 1.29 is 4.74 Å². The maximum Gasteiger partial charge on any atom is 0.132 e. The van der Waals surface area contributed by atoms with E-state index in [1.54, 1.807) is 7.11 Å². The Labute approximate surface area is 112 Å². The van der Waals surface area contributed by atoms with Crippen molar-refractivity contribution in [2.75, 3.05) is 13.7 Å². The van der Waals surface area contributed by atoms with E-state index in [2.05, 4.69) is 27.4 Å². The minimum absolute atomic E-state index is 0.769. The largest absolute Gasteiger partial charge is 0.497 e. The van der Waals surface area contributed by atoms with E-state index in [0.29, 0.717) is 0 Å². The van der Waals surface area contributed by atoms with Crippen LogP contribution < -0.4 is 10.1 Å². The van der Waals surface area contributed by atoms with E-state index in [1.165, 1.54) is 16.8 Å². The molecule has 3 rings (SSSR count). The van der Waals surface area contributed by atoms with Gasteiger partial charge in [0.15, 0.2) is 0 Å². The molecule has 0 atom stereocenters. The van der Waals surface area contributed by atoms with E-state index in [1.807, 2.05) is 18.3 Å². The van der Waals surface area contributed by atoms with Crippen molar-refractivity contribution in [3.63, 3.8) is 0 Å². The third-order valence-electron chi connectivity index (χ3n) is 3.38. The third kappa shape index (κ3) is 2.74. The first-order valence-electron chi connectivity index (χ1n) is 6.52. The number of nitrogens with one attached hydrogen (secondary N) is 1. The van der Waals surface area contributed by atoms with Crippen LogP contribution in [0.15, 0.2) is 30.5 Å². The molecule has 19 heavy (non-hydrogen) atoms. The van der Waals surface area contributed by atoms with Crippen LogP contribution in [-0.4, -0.2) is 23.6 Å². The second-order valence-corrected chi connectivity index (χ2v) is 4.71. The molecule has 2 aromatic rings. The molecule has 0 radical (unpaired) electrons. The van der Waals surface area contributed by atoms with Gasteiger partial charge in [-0.1, -0.05) is 12.1 Å². The lowest BCUT2D eigenvalue weighted by molar-refractivity contribution is 0.414. The highest BCUT2D eigenvalue weighted by molar-refractivity contribution is 5.29. The summed E-state index contributed by atoms with van der Waals surface area (Å²) in [6.45, 7) is 1.89. The fourth-order valence-electron chi connectivity index (χ4n) is 2.29. The molecule has 0 spiro atoms. The normalized spacial score (nSPS) is 13.9. The molecular formula is C15H17N3O. The molecule has 1 aliphatic heterocycles. The summed E-state index contributed by atoms with van der Waals surface area (Å²) in [7, 11) is 1.68. The molecule has 0 fully saturated rings. The zero-order valence-corrected chi connectivity index (χ0v) is 11.0. The highest BCUT2D eigenvalue weighted by Crippen LogP contribution is 2.15. The van der Waals surface area contributed by atoms with Gasteiger partial charge in [-0.15, -0.1) is 0 Å². The zero-order valence-electron chi connectivity index (χ0n) is 11.0. The van der Waals surface area contributed by atoms with Crippen LogP contribution in [0.2, 0.25) is 0 Å². The Hall–Kier alpha value is -1.94. The van der Waals surface area contributed by atoms with E-state index in [4.69, 9.17) is 4.74 Å². The minimum Gasteiger partial charge on any atom is -0.497 e. The number of benzene rings is 1. The van der Waals surface area contributed by atoms with Crippen LogP contribution in [-0.2, 0) is 19.4 Å². The molecule has 0 aliphatic carbocycles. The molecule has 0 unspecified atom stereocenters. The number of aromatic nitrogens is 2. The van der Waals surface area contributed by atoms with Gasteiger partial charge in [0.25, 0.3) is 0 Å². The highest BCUT2D eigenvalue weighted by atomic mass is 16.5. The van der Waals surface area contributed by atoms with Crippen LogP contribution in [0.4, 0.5) is 0 Å². The van der Waals surface area contributed by atoms with Gasteiger partial charge in [0.1, 0.15) is 11.6 Å². The molecular weight excluding hydrogens is 238 g/mol. The number of hydrogen-bond donors (Lipinski definition) is 1. The van der Waals surface area contributed by atoms with E-state index in [-0.39, 0.29) is 0 Å². The number of methoxy groups -OCH3 is 1. The SMILES string of the molecule is COc1ccc(Cc2ncc3c(n2)CCNC3)cc1. The van der Waals surface area contributed by atoms with Crippen molar-refractivity contribution in [1.82, 2.24) is 15.3 Å². The molecule has 0 amide bonds. The molecule has 0 saturated heterocycles. The van der Waals surface area contributed by atoms with Gasteiger partial charge in [-0.2, -0.15) is 0 Å². The molecule has 0 bridgehead atoms. The van der Waals surface area contributed by atoms with Crippen molar-refractivity contribution >= 4 is 0 Å². The predicted molar refractivity (Wildman–Crippen MR) is 73.2 cm³/mol. The van der Waals surface area contributed by atoms with Crippen LogP contribution in [0, 0.1) is 0 Å². The van der Waals surface area contributed by atoms with Crippen LogP contribution in [0.1, 0.15) is 22.6 Å². The fourth-order valence-corrected chi connectivity index (χ4v) is 2.29. The lowest BCUT2D eigenvalue weighted by Gasteiger charge is -2.16. The standard InChI is InChI=1S/C15H17N3O/c1-19-13-4-2-11(3-5-13)8-15-17-10-12-9-16-7-6-14(12)18-15/h2-5,10,16H,6-9H2,1H3. The number of ether oxygens (including phenoxy) is 1. The molecule has 1 aromatic heterocycles. The van der Waals surface area contributed by atoms with Crippen LogP contribution in [0.5, 0.6) is 5.75 Å². The summed E-state index contributed by atoms with van der Waals surface area (Å²) in [6.07, 6.45) is 3.71. The van der Waals surface area contributed by atoms with Gasteiger partial charge in [-0.25, -0.2) is 9.97 Å². The first-order chi connectivity index (χ1) is 9.35. The van der Waals surface area contributed by atoms with Crippen LogP contribution >= 0.6 is 0 Å². The van der Waals surface area contributed by atoms with Gasteiger partial charge in [0, 0.05) is 43.4 Å². The van der Waals surface area contributed by atoms with Crippen molar-refractivity contribution in [1.29, 1.82) is 0 Å². The van der Waals surface area contributed by atoms with Crippen molar-refractivity contribution in [3.05, 3.63) is 53.1 Å². The number of rotatable bonds is 3. The van der Waals surface area contributed by atoms with Crippen molar-refractivity contribution in [2.24, 2.45) is 0 Å². The Bertz CT molecular complexity index is 566. The number of nitrogens with zero attached hydrogens (tertiary/aromatic N) is 2. The number of fused-ring (bicyclic) bond motifs is 1. The third-order valence-corrected chi connectivity index (χ3v) is 3.38. The first-order valence-corrected chi connectivity index (χ1v) is 6.52. The molecule has 98 valence electrons. The zero-order chi connectivity index (χ0) is 13.1. The second-order valence-electron chi connectivity index (χ2n) is 4.71. The summed E-state index contributed by atoms with van der Waals surface area (Å²) >= 11 is 0. The quantitative estimate of drug-likeness (QED) is 0.907. The van der Waals surface area contributed by atoms with Crippen molar-refractivity contribution in [2.45, 2.75) is 19.4 Å². The fraction of sp³-hybridized carbons (Fsp3) is 0.333. The monoisotopic (exact) mass is 255 g/mol. The summed E-state index contributed by atoms with van der Waals surface area (Å²) in [5.41, 5.74) is 3.62. The minimum atomic E-state index is 0.769. The lowest BCUT2D eigenvalue weighted by atomic mass is 10.1. The molecule has 4 heteroatoms. The van der Waals surface area contributed by atoms with Gasteiger partial charge in [-0.05, 0) is 17.7 Å². The van der Waals surface area contributed by atoms with Crippen LogP contribution in [0.25, 0.3) is 0 Å². The van der Waals surface area contributed by atoms with E-state index < -0.39 is 0 Å². The van der Waals surface area contributed by atoms with Gasteiger partial charge >= 0.3 is 0 Å². The Morgan fingerprint density at radius 1 is 1.26 bits per heavy atom. The summed E-state index contributed by atoms with van der Waals surface area (Å²) in [4.78, 5) is 9.12. The predicted octanol–water partition coefficient (Wildman–Crippen LogP) is 1.72. The van der Waals surface area contributed by atoms with Gasteiger partial charge < -0.3 is 10.1 Å². The summed E-state index contributed by atoms with van der Waals surface area (Å²) in [5, 5.41) is 3.33. The summed E-state index contributed by atoms with van der Waals surface area (Å²) in [5.74, 6) is 1.77. The molecule has 1 N–H and O–H groups in total. The Kier molecular flexibility index (Phi) is 3.42. The van der Waals surface area contributed by atoms with Gasteiger partial charge in [-0.3, -0.25) is 0 Å². The van der Waals surface area contributed by atoms with Gasteiger partial charge in [0.05, 0.1) is 7.11 Å². The number of hydrogen-bond acceptors (Lipinski definition) is 4. The Morgan fingerprint density at radius 3 is 2.89 bits per heavy atom. The summed E-state index contributed by atoms with van der Waals surface area (Å²) in [6, 6.07) is 8.06. The lowest BCUT2D eigenvalue weighted by Crippen LogP contribution is -2.25. The van der Waals surface area contributed by atoms with E-state index in [9.17, 15) is 0 Å². The molecule has 1 aromatic carbocycles. The van der Waals surface area contributed by atoms with Gasteiger partial charge in [0.2, 0.25) is 0 Å².